The van der Waals surface area contributed by atoms with Crippen molar-refractivity contribution >= 4 is 33.8 Å². The van der Waals surface area contributed by atoms with Crippen LogP contribution in [0.5, 0.6) is 0 Å². The lowest BCUT2D eigenvalue weighted by Crippen LogP contribution is -2.51. The minimum Gasteiger partial charge on any atom is -0.322 e. The highest BCUT2D eigenvalue weighted by molar-refractivity contribution is 9.10. The van der Waals surface area contributed by atoms with Gasteiger partial charge in [-0.1, -0.05) is 58.4 Å². The van der Waals surface area contributed by atoms with Crippen molar-refractivity contribution in [2.75, 3.05) is 13.6 Å². The van der Waals surface area contributed by atoms with Crippen LogP contribution in [0.1, 0.15) is 24.5 Å². The van der Waals surface area contributed by atoms with Gasteiger partial charge >= 0.3 is 6.03 Å². The molecule has 1 unspecified atom stereocenters. The van der Waals surface area contributed by atoms with Gasteiger partial charge < -0.3 is 5.32 Å². The summed E-state index contributed by atoms with van der Waals surface area (Å²) in [6.45, 7) is 2.30. The van der Waals surface area contributed by atoms with Crippen LogP contribution in [0.4, 0.5) is 4.79 Å². The standard InChI is InChI=1S/C22H25BrN4O3/c1-22(13-12-16-6-4-3-5-7-16)20(29)27(21(30)24-22)25-19(28)15-26(2)14-17-8-10-18(23)11-9-17/h3-11H,12-15H2,1-2H3,(H,24,30)(H,25,28). The molecule has 4 amide bonds. The number of carbonyl (C=O) groups excluding carboxylic acids is 3. The molecular weight excluding hydrogens is 448 g/mol. The van der Waals surface area contributed by atoms with Crippen molar-refractivity contribution in [3.63, 3.8) is 0 Å². The molecule has 7 nitrogen and oxygen atoms in total. The average Bonchev–Trinajstić information content (AvgIpc) is 2.92. The molecule has 1 atom stereocenters. The maximum Gasteiger partial charge on any atom is 0.344 e. The van der Waals surface area contributed by atoms with E-state index in [9.17, 15) is 14.4 Å². The Hall–Kier alpha value is -2.71. The van der Waals surface area contributed by atoms with E-state index in [0.717, 1.165) is 20.6 Å². The Morgan fingerprint density at radius 1 is 1.10 bits per heavy atom. The molecule has 0 radical (unpaired) electrons. The predicted molar refractivity (Wildman–Crippen MR) is 117 cm³/mol. The summed E-state index contributed by atoms with van der Waals surface area (Å²) in [7, 11) is 1.80. The number of urea groups is 1. The summed E-state index contributed by atoms with van der Waals surface area (Å²) in [5, 5.41) is 3.50. The van der Waals surface area contributed by atoms with E-state index in [1.54, 1.807) is 14.0 Å². The smallest absolute Gasteiger partial charge is 0.322 e. The second-order valence-electron chi connectivity index (χ2n) is 7.72. The minimum atomic E-state index is -1.05. The lowest BCUT2D eigenvalue weighted by molar-refractivity contribution is -0.139. The number of nitrogens with one attached hydrogen (secondary N) is 2. The molecule has 0 bridgehead atoms. The van der Waals surface area contributed by atoms with Crippen molar-refractivity contribution < 1.29 is 14.4 Å². The molecule has 2 N–H and O–H groups in total. The number of benzene rings is 2. The van der Waals surface area contributed by atoms with Crippen molar-refractivity contribution in [1.82, 2.24) is 20.7 Å². The molecule has 3 rings (SSSR count). The zero-order valence-corrected chi connectivity index (χ0v) is 18.6. The Labute approximate surface area is 184 Å². The predicted octanol–water partition coefficient (Wildman–Crippen LogP) is 2.86. The number of imide groups is 1. The zero-order chi connectivity index (χ0) is 21.7. The van der Waals surface area contributed by atoms with Gasteiger partial charge in [-0.25, -0.2) is 4.79 Å². The zero-order valence-electron chi connectivity index (χ0n) is 17.0. The summed E-state index contributed by atoms with van der Waals surface area (Å²) in [4.78, 5) is 39.3. The number of carbonyl (C=O) groups is 3. The van der Waals surface area contributed by atoms with Gasteiger partial charge in [-0.15, -0.1) is 0 Å². The highest BCUT2D eigenvalue weighted by Gasteiger charge is 2.48. The molecule has 8 heteroatoms. The molecular formula is C22H25BrN4O3. The number of hydrazine groups is 1. The monoisotopic (exact) mass is 472 g/mol. The summed E-state index contributed by atoms with van der Waals surface area (Å²) in [5.41, 5.74) is 3.52. The van der Waals surface area contributed by atoms with E-state index in [2.05, 4.69) is 26.7 Å². The molecule has 0 saturated carbocycles. The first-order valence-corrected chi connectivity index (χ1v) is 10.5. The molecule has 1 aliphatic rings. The van der Waals surface area contributed by atoms with Crippen LogP contribution in [0.2, 0.25) is 0 Å². The van der Waals surface area contributed by atoms with E-state index in [4.69, 9.17) is 0 Å². The van der Waals surface area contributed by atoms with E-state index in [-0.39, 0.29) is 6.54 Å². The maximum atomic E-state index is 12.8. The number of nitrogens with zero attached hydrogens (tertiary/aromatic N) is 2. The Morgan fingerprint density at radius 2 is 1.77 bits per heavy atom. The number of rotatable bonds is 8. The van der Waals surface area contributed by atoms with Crippen LogP contribution in [0.25, 0.3) is 0 Å². The fourth-order valence-corrected chi connectivity index (χ4v) is 3.62. The Bertz CT molecular complexity index is 920. The second-order valence-corrected chi connectivity index (χ2v) is 8.64. The van der Waals surface area contributed by atoms with Crippen LogP contribution in [0.3, 0.4) is 0 Å². The molecule has 0 spiro atoms. The molecule has 1 heterocycles. The molecule has 2 aromatic carbocycles. The normalized spacial score (nSPS) is 18.6. The molecule has 1 aliphatic heterocycles. The molecule has 0 aromatic heterocycles. The molecule has 30 heavy (non-hydrogen) atoms. The van der Waals surface area contributed by atoms with Crippen LogP contribution in [0, 0.1) is 0 Å². The molecule has 158 valence electrons. The maximum absolute atomic E-state index is 12.8. The van der Waals surface area contributed by atoms with Gasteiger partial charge in [0.2, 0.25) is 0 Å². The third-order valence-electron chi connectivity index (χ3n) is 5.03. The van der Waals surface area contributed by atoms with Crippen molar-refractivity contribution in [3.8, 4) is 0 Å². The summed E-state index contributed by atoms with van der Waals surface area (Å²) in [6, 6.07) is 16.9. The Balaban J connectivity index is 1.53. The van der Waals surface area contributed by atoms with Crippen molar-refractivity contribution in [1.29, 1.82) is 0 Å². The highest BCUT2D eigenvalue weighted by atomic mass is 79.9. The summed E-state index contributed by atoms with van der Waals surface area (Å²) < 4.78 is 0.987. The molecule has 1 fully saturated rings. The van der Waals surface area contributed by atoms with Gasteiger partial charge in [-0.3, -0.25) is 19.9 Å². The number of amides is 4. The summed E-state index contributed by atoms with van der Waals surface area (Å²) in [6.07, 6.45) is 1.08. The SMILES string of the molecule is CN(CC(=O)NN1C(=O)NC(C)(CCc2ccccc2)C1=O)Cc1ccc(Br)cc1. The Morgan fingerprint density at radius 3 is 2.43 bits per heavy atom. The first kappa shape index (κ1) is 22.0. The summed E-state index contributed by atoms with van der Waals surface area (Å²) >= 11 is 3.39. The highest BCUT2D eigenvalue weighted by Crippen LogP contribution is 2.22. The average molecular weight is 473 g/mol. The van der Waals surface area contributed by atoms with Gasteiger partial charge in [0.1, 0.15) is 5.54 Å². The van der Waals surface area contributed by atoms with Gasteiger partial charge in [0.05, 0.1) is 6.54 Å². The van der Waals surface area contributed by atoms with Gasteiger partial charge in [0.25, 0.3) is 11.8 Å². The largest absolute Gasteiger partial charge is 0.344 e. The topological polar surface area (TPSA) is 81.8 Å². The van der Waals surface area contributed by atoms with Crippen molar-refractivity contribution in [2.24, 2.45) is 0 Å². The number of halogens is 1. The van der Waals surface area contributed by atoms with Crippen molar-refractivity contribution in [3.05, 3.63) is 70.2 Å². The van der Waals surface area contributed by atoms with Crippen LogP contribution in [0.15, 0.2) is 59.1 Å². The van der Waals surface area contributed by atoms with Crippen LogP contribution >= 0.6 is 15.9 Å². The van der Waals surface area contributed by atoms with Crippen molar-refractivity contribution in [2.45, 2.75) is 31.8 Å². The quantitative estimate of drug-likeness (QED) is 0.578. The summed E-state index contributed by atoms with van der Waals surface area (Å²) in [5.74, 6) is -0.877. The lowest BCUT2D eigenvalue weighted by Gasteiger charge is -2.22. The first-order chi connectivity index (χ1) is 14.3. The number of hydrogen-bond donors (Lipinski definition) is 2. The van der Waals surface area contributed by atoms with E-state index < -0.39 is 23.4 Å². The van der Waals surface area contributed by atoms with E-state index in [1.165, 1.54) is 0 Å². The van der Waals surface area contributed by atoms with E-state index in [0.29, 0.717) is 19.4 Å². The van der Waals surface area contributed by atoms with Gasteiger partial charge in [-0.05, 0) is 50.1 Å². The van der Waals surface area contributed by atoms with E-state index >= 15 is 0 Å². The minimum absolute atomic E-state index is 0.0495. The molecule has 0 aliphatic carbocycles. The van der Waals surface area contributed by atoms with Gasteiger partial charge in [0.15, 0.2) is 0 Å². The first-order valence-electron chi connectivity index (χ1n) is 9.70. The fraction of sp³-hybridized carbons (Fsp3) is 0.318. The Kier molecular flexibility index (Phi) is 6.89. The number of hydrogen-bond acceptors (Lipinski definition) is 4. The second kappa shape index (κ2) is 9.40. The molecule has 1 saturated heterocycles. The van der Waals surface area contributed by atoms with Crippen LogP contribution in [-0.2, 0) is 22.6 Å². The third kappa shape index (κ3) is 5.46. The lowest BCUT2D eigenvalue weighted by atomic mass is 9.93. The van der Waals surface area contributed by atoms with Crippen LogP contribution in [-0.4, -0.2) is 46.9 Å². The third-order valence-corrected chi connectivity index (χ3v) is 5.56. The van der Waals surface area contributed by atoms with Gasteiger partial charge in [-0.2, -0.15) is 5.01 Å². The van der Waals surface area contributed by atoms with Gasteiger partial charge in [0, 0.05) is 11.0 Å². The fourth-order valence-electron chi connectivity index (χ4n) is 3.36. The molecule has 2 aromatic rings. The van der Waals surface area contributed by atoms with E-state index in [1.807, 2.05) is 59.5 Å². The van der Waals surface area contributed by atoms with Crippen LogP contribution < -0.4 is 10.7 Å². The number of likely N-dealkylation sites (N-methyl/N-ethyl adjacent to an activating group) is 1. The number of aryl methyl sites for hydroxylation is 1.